The highest BCUT2D eigenvalue weighted by molar-refractivity contribution is 5.92. The molecule has 5 rings (SSSR count). The van der Waals surface area contributed by atoms with Crippen LogP contribution in [0.1, 0.15) is 74.6 Å². The number of likely N-dealkylation sites (tertiary alicyclic amines) is 1. The number of fused-ring (bicyclic) bond motifs is 2. The van der Waals surface area contributed by atoms with E-state index in [-0.39, 0.29) is 24.7 Å². The maximum absolute atomic E-state index is 13.4. The molecule has 33 heavy (non-hydrogen) atoms. The van der Waals surface area contributed by atoms with Crippen molar-refractivity contribution in [3.05, 3.63) is 65.2 Å². The SMILES string of the molecule is CC(C)c1ccc(/C=C/C(=O)N2CC[C@@]3(O)CCCC[C@H]3[C@@H]2c2ccc3c(c2)OCO3)cc1. The molecule has 0 aromatic heterocycles. The molecule has 0 spiro atoms. The molecule has 0 bridgehead atoms. The van der Waals surface area contributed by atoms with Crippen LogP contribution < -0.4 is 9.47 Å². The van der Waals surface area contributed by atoms with Crippen LogP contribution in [0.4, 0.5) is 0 Å². The number of nitrogens with zero attached hydrogens (tertiary/aromatic N) is 1. The molecule has 0 unspecified atom stereocenters. The minimum Gasteiger partial charge on any atom is -0.454 e. The van der Waals surface area contributed by atoms with Crippen molar-refractivity contribution in [3.8, 4) is 11.5 Å². The van der Waals surface area contributed by atoms with Gasteiger partial charge in [0, 0.05) is 18.5 Å². The quantitative estimate of drug-likeness (QED) is 0.634. The summed E-state index contributed by atoms with van der Waals surface area (Å²) < 4.78 is 11.1. The van der Waals surface area contributed by atoms with E-state index in [1.165, 1.54) is 5.56 Å². The van der Waals surface area contributed by atoms with Crippen molar-refractivity contribution in [2.75, 3.05) is 13.3 Å². The maximum atomic E-state index is 13.4. The third kappa shape index (κ3) is 4.26. The number of piperidine rings is 1. The maximum Gasteiger partial charge on any atom is 0.247 e. The van der Waals surface area contributed by atoms with Gasteiger partial charge < -0.3 is 19.5 Å². The lowest BCUT2D eigenvalue weighted by Crippen LogP contribution is -2.56. The van der Waals surface area contributed by atoms with Crippen LogP contribution in [0.25, 0.3) is 6.08 Å². The molecule has 1 saturated carbocycles. The van der Waals surface area contributed by atoms with Crippen molar-refractivity contribution in [3.63, 3.8) is 0 Å². The third-order valence-electron chi connectivity index (χ3n) is 7.61. The van der Waals surface area contributed by atoms with Crippen LogP contribution in [0.2, 0.25) is 0 Å². The third-order valence-corrected chi connectivity index (χ3v) is 7.61. The summed E-state index contributed by atoms with van der Waals surface area (Å²) in [6.45, 7) is 5.11. The summed E-state index contributed by atoms with van der Waals surface area (Å²) in [7, 11) is 0. The molecule has 3 atom stereocenters. The Morgan fingerprint density at radius 2 is 1.88 bits per heavy atom. The molecule has 3 aliphatic rings. The van der Waals surface area contributed by atoms with E-state index in [0.717, 1.165) is 42.6 Å². The minimum atomic E-state index is -0.716. The van der Waals surface area contributed by atoms with Crippen LogP contribution in [0.5, 0.6) is 11.5 Å². The van der Waals surface area contributed by atoms with Gasteiger partial charge in [0.15, 0.2) is 11.5 Å². The standard InChI is InChI=1S/C28H33NO4/c1-19(2)21-9-6-20(7-10-21)8-13-26(30)29-16-15-28(31)14-4-3-5-23(28)27(29)22-11-12-24-25(17-22)33-18-32-24/h6-13,17,19,23,27,31H,3-5,14-16,18H2,1-2H3/b13-8+/t23-,27-,28-/m0/s1. The van der Waals surface area contributed by atoms with Gasteiger partial charge in [-0.1, -0.05) is 57.0 Å². The molecule has 1 amide bonds. The van der Waals surface area contributed by atoms with Crippen LogP contribution in [-0.2, 0) is 4.79 Å². The van der Waals surface area contributed by atoms with Crippen molar-refractivity contribution in [2.45, 2.75) is 63.5 Å². The van der Waals surface area contributed by atoms with Crippen molar-refractivity contribution in [2.24, 2.45) is 5.92 Å². The molecular formula is C28H33NO4. The topological polar surface area (TPSA) is 59.0 Å². The summed E-state index contributed by atoms with van der Waals surface area (Å²) in [5.74, 6) is 1.93. The van der Waals surface area contributed by atoms with Crippen molar-refractivity contribution >= 4 is 12.0 Å². The highest BCUT2D eigenvalue weighted by Crippen LogP contribution is 2.50. The smallest absolute Gasteiger partial charge is 0.247 e. The van der Waals surface area contributed by atoms with E-state index >= 15 is 0 Å². The monoisotopic (exact) mass is 447 g/mol. The predicted molar refractivity (Wildman–Crippen MR) is 128 cm³/mol. The fraction of sp³-hybridized carbons (Fsp3) is 0.464. The molecule has 174 valence electrons. The molecule has 1 N–H and O–H groups in total. The molecule has 5 heteroatoms. The van der Waals surface area contributed by atoms with E-state index in [2.05, 4.69) is 38.1 Å². The van der Waals surface area contributed by atoms with Crippen LogP contribution in [0.15, 0.2) is 48.5 Å². The largest absolute Gasteiger partial charge is 0.454 e. The number of hydrogen-bond acceptors (Lipinski definition) is 4. The van der Waals surface area contributed by atoms with E-state index in [4.69, 9.17) is 9.47 Å². The van der Waals surface area contributed by atoms with Crippen LogP contribution in [-0.4, -0.2) is 34.9 Å². The summed E-state index contributed by atoms with van der Waals surface area (Å²) in [5.41, 5.74) is 2.59. The molecule has 2 aromatic rings. The first-order valence-electron chi connectivity index (χ1n) is 12.2. The fourth-order valence-corrected chi connectivity index (χ4v) is 5.69. The first kappa shape index (κ1) is 22.0. The van der Waals surface area contributed by atoms with Gasteiger partial charge in [-0.15, -0.1) is 0 Å². The molecule has 2 fully saturated rings. The van der Waals surface area contributed by atoms with Gasteiger partial charge in [-0.3, -0.25) is 4.79 Å². The number of aliphatic hydroxyl groups is 1. The highest BCUT2D eigenvalue weighted by Gasteiger charge is 2.50. The second kappa shape index (κ2) is 8.86. The lowest BCUT2D eigenvalue weighted by Gasteiger charge is -2.52. The summed E-state index contributed by atoms with van der Waals surface area (Å²) in [6, 6.07) is 14.1. The number of benzene rings is 2. The second-order valence-corrected chi connectivity index (χ2v) is 9.95. The van der Waals surface area contributed by atoms with E-state index in [9.17, 15) is 9.90 Å². The zero-order chi connectivity index (χ0) is 23.0. The molecule has 5 nitrogen and oxygen atoms in total. The molecule has 2 aromatic carbocycles. The number of rotatable bonds is 4. The molecular weight excluding hydrogens is 414 g/mol. The fourth-order valence-electron chi connectivity index (χ4n) is 5.69. The van der Waals surface area contributed by atoms with Gasteiger partial charge in [0.05, 0.1) is 11.6 Å². The Bertz CT molecular complexity index is 1040. The molecule has 2 aliphatic heterocycles. The average molecular weight is 448 g/mol. The van der Waals surface area contributed by atoms with Gasteiger partial charge in [-0.2, -0.15) is 0 Å². The van der Waals surface area contributed by atoms with Gasteiger partial charge in [0.1, 0.15) is 0 Å². The van der Waals surface area contributed by atoms with Crippen molar-refractivity contribution < 1.29 is 19.4 Å². The second-order valence-electron chi connectivity index (χ2n) is 9.95. The van der Waals surface area contributed by atoms with Crippen LogP contribution in [0, 0.1) is 5.92 Å². The average Bonchev–Trinajstić information content (AvgIpc) is 3.29. The first-order chi connectivity index (χ1) is 15.9. The Hall–Kier alpha value is -2.79. The predicted octanol–water partition coefficient (Wildman–Crippen LogP) is 5.45. The first-order valence-corrected chi connectivity index (χ1v) is 12.2. The minimum absolute atomic E-state index is 0.0155. The number of carbonyl (C=O) groups is 1. The Labute approximate surface area is 196 Å². The summed E-state index contributed by atoms with van der Waals surface area (Å²) in [5, 5.41) is 11.5. The molecule has 1 aliphatic carbocycles. The van der Waals surface area contributed by atoms with Gasteiger partial charge in [-0.25, -0.2) is 0 Å². The Morgan fingerprint density at radius 1 is 1.09 bits per heavy atom. The van der Waals surface area contributed by atoms with Crippen LogP contribution in [0.3, 0.4) is 0 Å². The Kier molecular flexibility index (Phi) is 5.92. The van der Waals surface area contributed by atoms with E-state index in [0.29, 0.717) is 24.6 Å². The van der Waals surface area contributed by atoms with Gasteiger partial charge in [-0.05, 0) is 60.1 Å². The van der Waals surface area contributed by atoms with Crippen molar-refractivity contribution in [1.82, 2.24) is 4.90 Å². The zero-order valence-electron chi connectivity index (χ0n) is 19.5. The lowest BCUT2D eigenvalue weighted by atomic mass is 9.66. The molecule has 1 saturated heterocycles. The summed E-state index contributed by atoms with van der Waals surface area (Å²) >= 11 is 0. The van der Waals surface area contributed by atoms with Crippen molar-refractivity contribution in [1.29, 1.82) is 0 Å². The van der Waals surface area contributed by atoms with Crippen LogP contribution >= 0.6 is 0 Å². The summed E-state index contributed by atoms with van der Waals surface area (Å²) in [6.07, 6.45) is 8.04. The zero-order valence-corrected chi connectivity index (χ0v) is 19.5. The van der Waals surface area contributed by atoms with E-state index in [1.54, 1.807) is 6.08 Å². The summed E-state index contributed by atoms with van der Waals surface area (Å²) in [4.78, 5) is 15.4. The normalized spacial score (nSPS) is 26.6. The highest BCUT2D eigenvalue weighted by atomic mass is 16.7. The molecule has 0 radical (unpaired) electrons. The number of amides is 1. The molecule has 2 heterocycles. The van der Waals surface area contributed by atoms with Gasteiger partial charge >= 0.3 is 0 Å². The van der Waals surface area contributed by atoms with Gasteiger partial charge in [0.25, 0.3) is 0 Å². The Morgan fingerprint density at radius 3 is 2.67 bits per heavy atom. The van der Waals surface area contributed by atoms with E-state index in [1.807, 2.05) is 29.2 Å². The number of ether oxygens (including phenoxy) is 2. The number of hydrogen-bond donors (Lipinski definition) is 1. The Balaban J connectivity index is 1.43. The van der Waals surface area contributed by atoms with E-state index < -0.39 is 5.60 Å². The lowest BCUT2D eigenvalue weighted by molar-refractivity contribution is -0.150. The number of carbonyl (C=O) groups excluding carboxylic acids is 1. The van der Waals surface area contributed by atoms with Gasteiger partial charge in [0.2, 0.25) is 12.7 Å².